The number of amides is 1. The molecular formula is C23H26N8OS. The minimum absolute atomic E-state index is 0.0173. The van der Waals surface area contributed by atoms with Crippen LogP contribution in [0.5, 0.6) is 0 Å². The maximum atomic E-state index is 11.6. The number of nitrogens with zero attached hydrogens (tertiary/aromatic N) is 5. The van der Waals surface area contributed by atoms with Gasteiger partial charge in [-0.15, -0.1) is 0 Å². The third-order valence-electron chi connectivity index (χ3n) is 5.33. The lowest BCUT2D eigenvalue weighted by Gasteiger charge is -2.30. The zero-order valence-electron chi connectivity index (χ0n) is 18.6. The van der Waals surface area contributed by atoms with E-state index in [4.69, 9.17) is 4.98 Å². The van der Waals surface area contributed by atoms with Gasteiger partial charge in [-0.05, 0) is 55.8 Å². The molecule has 4 rings (SSSR count). The average Bonchev–Trinajstić information content (AvgIpc) is 3.24. The van der Waals surface area contributed by atoms with E-state index < -0.39 is 0 Å². The Morgan fingerprint density at radius 1 is 1.24 bits per heavy atom. The predicted molar refractivity (Wildman–Crippen MR) is 129 cm³/mol. The molecule has 0 radical (unpaired) electrons. The van der Waals surface area contributed by atoms with Crippen LogP contribution in [0.25, 0.3) is 0 Å². The van der Waals surface area contributed by atoms with Gasteiger partial charge in [-0.3, -0.25) is 9.89 Å². The third-order valence-corrected chi connectivity index (χ3v) is 6.20. The number of aromatic nitrogens is 4. The summed E-state index contributed by atoms with van der Waals surface area (Å²) in [6.45, 7) is 5.31. The maximum absolute atomic E-state index is 11.6. The van der Waals surface area contributed by atoms with Crippen LogP contribution in [0.4, 0.5) is 23.1 Å². The number of nitrogens with one attached hydrogen (secondary N) is 3. The number of nitriles is 1. The molecule has 1 amide bonds. The van der Waals surface area contributed by atoms with Crippen molar-refractivity contribution in [1.82, 2.24) is 20.2 Å². The minimum atomic E-state index is -0.0173. The van der Waals surface area contributed by atoms with Crippen molar-refractivity contribution in [3.63, 3.8) is 0 Å². The van der Waals surface area contributed by atoms with Crippen molar-refractivity contribution in [2.24, 2.45) is 5.92 Å². The molecule has 1 aromatic carbocycles. The smallest absolute Gasteiger partial charge is 0.224 e. The largest absolute Gasteiger partial charge is 0.356 e. The van der Waals surface area contributed by atoms with E-state index in [0.717, 1.165) is 53.8 Å². The highest BCUT2D eigenvalue weighted by molar-refractivity contribution is 7.99. The average molecular weight is 463 g/mol. The van der Waals surface area contributed by atoms with Crippen LogP contribution in [-0.2, 0) is 4.79 Å². The molecule has 0 atom stereocenters. The molecule has 0 unspecified atom stereocenters. The van der Waals surface area contributed by atoms with Crippen molar-refractivity contribution < 1.29 is 4.79 Å². The van der Waals surface area contributed by atoms with E-state index in [1.807, 2.05) is 50.2 Å². The lowest BCUT2D eigenvalue weighted by atomic mass is 9.99. The number of aromatic amines is 1. The normalized spacial score (nSPS) is 14.0. The molecular weight excluding hydrogens is 436 g/mol. The second kappa shape index (κ2) is 10.4. The molecule has 0 bridgehead atoms. The van der Waals surface area contributed by atoms with Crippen molar-refractivity contribution >= 4 is 40.8 Å². The van der Waals surface area contributed by atoms with Gasteiger partial charge in [0.25, 0.3) is 0 Å². The number of anilines is 4. The standard InChI is InChI=1S/C23H26N8OS/c1-3-22(32)25-17-4-6-18(7-5-17)33-23-27-19(26-20-12-15(2)29-30-20)13-21(28-23)31-10-8-16(14-24)9-11-31/h4-7,12-13,16H,3,8-11H2,1-2H3,(H,25,32)(H2,26,27,28,29,30). The van der Waals surface area contributed by atoms with Gasteiger partial charge in [0, 0.05) is 48.1 Å². The van der Waals surface area contributed by atoms with Gasteiger partial charge < -0.3 is 15.5 Å². The highest BCUT2D eigenvalue weighted by Gasteiger charge is 2.21. The number of hydrogen-bond donors (Lipinski definition) is 3. The van der Waals surface area contributed by atoms with Crippen molar-refractivity contribution in [3.8, 4) is 6.07 Å². The summed E-state index contributed by atoms with van der Waals surface area (Å²) in [5.74, 6) is 2.34. The lowest BCUT2D eigenvalue weighted by Crippen LogP contribution is -2.34. The Morgan fingerprint density at radius 3 is 2.64 bits per heavy atom. The molecule has 0 aliphatic carbocycles. The molecule has 3 aromatic rings. The molecule has 0 saturated carbocycles. The fourth-order valence-electron chi connectivity index (χ4n) is 3.51. The summed E-state index contributed by atoms with van der Waals surface area (Å²) < 4.78 is 0. The van der Waals surface area contributed by atoms with E-state index in [1.165, 1.54) is 11.8 Å². The Morgan fingerprint density at radius 2 is 2.00 bits per heavy atom. The van der Waals surface area contributed by atoms with E-state index >= 15 is 0 Å². The van der Waals surface area contributed by atoms with E-state index in [1.54, 1.807) is 0 Å². The molecule has 0 spiro atoms. The molecule has 1 saturated heterocycles. The molecule has 170 valence electrons. The molecule has 3 N–H and O–H groups in total. The first-order valence-electron chi connectivity index (χ1n) is 10.9. The van der Waals surface area contributed by atoms with Gasteiger partial charge in [0.1, 0.15) is 17.5 Å². The number of piperidine rings is 1. The number of carbonyl (C=O) groups excluding carboxylic acids is 1. The van der Waals surface area contributed by atoms with Crippen molar-refractivity contribution in [2.75, 3.05) is 28.6 Å². The maximum Gasteiger partial charge on any atom is 0.224 e. The van der Waals surface area contributed by atoms with Crippen LogP contribution in [0.3, 0.4) is 0 Å². The summed E-state index contributed by atoms with van der Waals surface area (Å²) in [5, 5.41) is 23.1. The topological polar surface area (TPSA) is 123 Å². The number of aryl methyl sites for hydroxylation is 1. The number of rotatable bonds is 7. The van der Waals surface area contributed by atoms with Crippen molar-refractivity contribution in [2.45, 2.75) is 43.2 Å². The molecule has 1 aliphatic heterocycles. The van der Waals surface area contributed by atoms with Gasteiger partial charge in [0.15, 0.2) is 5.16 Å². The van der Waals surface area contributed by atoms with Crippen molar-refractivity contribution in [1.29, 1.82) is 5.26 Å². The number of benzene rings is 1. The lowest BCUT2D eigenvalue weighted by molar-refractivity contribution is -0.115. The van der Waals surface area contributed by atoms with Crippen LogP contribution in [-0.4, -0.2) is 39.2 Å². The Hall–Kier alpha value is -3.58. The molecule has 2 aromatic heterocycles. The second-order valence-electron chi connectivity index (χ2n) is 7.86. The van der Waals surface area contributed by atoms with Gasteiger partial charge in [-0.25, -0.2) is 9.97 Å². The van der Waals surface area contributed by atoms with E-state index in [2.05, 4.69) is 36.8 Å². The van der Waals surface area contributed by atoms with Gasteiger partial charge in [0.05, 0.1) is 11.8 Å². The summed E-state index contributed by atoms with van der Waals surface area (Å²) >= 11 is 1.45. The van der Waals surface area contributed by atoms with Crippen molar-refractivity contribution in [3.05, 3.63) is 42.1 Å². The van der Waals surface area contributed by atoms with E-state index in [9.17, 15) is 10.1 Å². The Kier molecular flexibility index (Phi) is 7.10. The van der Waals surface area contributed by atoms with Crippen LogP contribution in [0.15, 0.2) is 46.5 Å². The van der Waals surface area contributed by atoms with Gasteiger partial charge >= 0.3 is 0 Å². The fourth-order valence-corrected chi connectivity index (χ4v) is 4.27. The highest BCUT2D eigenvalue weighted by atomic mass is 32.2. The van der Waals surface area contributed by atoms with Crippen LogP contribution >= 0.6 is 11.8 Å². The predicted octanol–water partition coefficient (Wildman–Crippen LogP) is 4.49. The Balaban J connectivity index is 1.56. The quantitative estimate of drug-likeness (QED) is 0.439. The molecule has 1 aliphatic rings. The summed E-state index contributed by atoms with van der Waals surface area (Å²) in [4.78, 5) is 24.2. The van der Waals surface area contributed by atoms with E-state index in [-0.39, 0.29) is 11.8 Å². The zero-order chi connectivity index (χ0) is 23.2. The molecule has 1 fully saturated rings. The summed E-state index contributed by atoms with van der Waals surface area (Å²) in [6, 6.07) is 13.8. The Labute approximate surface area is 197 Å². The second-order valence-corrected chi connectivity index (χ2v) is 8.90. The minimum Gasteiger partial charge on any atom is -0.356 e. The van der Waals surface area contributed by atoms with Gasteiger partial charge in [0.2, 0.25) is 5.91 Å². The molecule has 10 heteroatoms. The van der Waals surface area contributed by atoms with Gasteiger partial charge in [-0.2, -0.15) is 10.4 Å². The first-order valence-corrected chi connectivity index (χ1v) is 11.7. The summed E-state index contributed by atoms with van der Waals surface area (Å²) in [5.41, 5.74) is 1.65. The first-order chi connectivity index (χ1) is 16.0. The van der Waals surface area contributed by atoms with E-state index in [0.29, 0.717) is 17.4 Å². The van der Waals surface area contributed by atoms with Crippen LogP contribution < -0.4 is 15.5 Å². The molecule has 3 heterocycles. The molecule has 9 nitrogen and oxygen atoms in total. The first kappa shape index (κ1) is 22.6. The number of carbonyl (C=O) groups is 1. The third kappa shape index (κ3) is 6.02. The monoisotopic (exact) mass is 462 g/mol. The Bertz CT molecular complexity index is 1150. The van der Waals surface area contributed by atoms with Crippen LogP contribution in [0.2, 0.25) is 0 Å². The van der Waals surface area contributed by atoms with Gasteiger partial charge in [-0.1, -0.05) is 6.92 Å². The summed E-state index contributed by atoms with van der Waals surface area (Å²) in [6.07, 6.45) is 2.10. The van der Waals surface area contributed by atoms with Crippen LogP contribution in [0.1, 0.15) is 31.9 Å². The highest BCUT2D eigenvalue weighted by Crippen LogP contribution is 2.31. The SMILES string of the molecule is CCC(=O)Nc1ccc(Sc2nc(Nc3cc(C)n[nH]3)cc(N3CCC(C#N)CC3)n2)cc1. The summed E-state index contributed by atoms with van der Waals surface area (Å²) in [7, 11) is 0. The molecule has 33 heavy (non-hydrogen) atoms. The number of hydrogen-bond acceptors (Lipinski definition) is 8. The number of H-pyrrole nitrogens is 1. The van der Waals surface area contributed by atoms with Crippen LogP contribution in [0, 0.1) is 24.2 Å². The zero-order valence-corrected chi connectivity index (χ0v) is 19.4. The fraction of sp³-hybridized carbons (Fsp3) is 0.348.